The molecule has 196 valence electrons. The van der Waals surface area contributed by atoms with Crippen LogP contribution in [-0.4, -0.2) is 35.4 Å². The predicted octanol–water partition coefficient (Wildman–Crippen LogP) is 7.91. The van der Waals surface area contributed by atoms with Crippen molar-refractivity contribution < 1.29 is 19.4 Å². The molecule has 0 amide bonds. The van der Waals surface area contributed by atoms with Gasteiger partial charge in [0, 0.05) is 17.6 Å². The summed E-state index contributed by atoms with van der Waals surface area (Å²) in [7, 11) is 0. The zero-order valence-electron chi connectivity index (χ0n) is 22.1. The molecule has 0 aromatic heterocycles. The number of rotatable bonds is 8. The molecule has 1 atom stereocenters. The van der Waals surface area contributed by atoms with Crippen LogP contribution in [0.15, 0.2) is 53.4 Å². The second-order valence-electron chi connectivity index (χ2n) is 9.53. The molecule has 0 saturated carbocycles. The van der Waals surface area contributed by atoms with E-state index in [0.717, 1.165) is 50.0 Å². The minimum atomic E-state index is -0.833. The van der Waals surface area contributed by atoms with Crippen molar-refractivity contribution in [3.8, 4) is 22.6 Å². The van der Waals surface area contributed by atoms with Crippen molar-refractivity contribution in [1.82, 2.24) is 0 Å². The van der Waals surface area contributed by atoms with Crippen LogP contribution in [0.2, 0.25) is 0 Å². The Bertz CT molecular complexity index is 1230. The largest absolute Gasteiger partial charge is 0.494 e. The third kappa shape index (κ3) is 6.85. The number of benzene rings is 3. The van der Waals surface area contributed by atoms with E-state index in [9.17, 15) is 0 Å². The lowest BCUT2D eigenvalue weighted by Crippen LogP contribution is -2.04. The van der Waals surface area contributed by atoms with E-state index in [2.05, 4.69) is 68.6 Å². The SMILES string of the molecule is CC(=O)O.CSCCCOc1cc(C)c(-c2cccc3c2CCC3Oc2ccc3c(c2)SCC3)c(C)c1. The van der Waals surface area contributed by atoms with Gasteiger partial charge in [0.05, 0.1) is 6.61 Å². The zero-order valence-corrected chi connectivity index (χ0v) is 23.8. The van der Waals surface area contributed by atoms with Gasteiger partial charge in [0.2, 0.25) is 0 Å². The first-order chi connectivity index (χ1) is 17.9. The molecule has 2 aliphatic rings. The maximum atomic E-state index is 9.00. The number of hydrogen-bond donors (Lipinski definition) is 1. The minimum Gasteiger partial charge on any atom is -0.494 e. The summed E-state index contributed by atoms with van der Waals surface area (Å²) in [6.45, 7) is 6.28. The Balaban J connectivity index is 0.000000747. The van der Waals surface area contributed by atoms with Crippen LogP contribution >= 0.6 is 23.5 Å². The summed E-state index contributed by atoms with van der Waals surface area (Å²) in [6, 6.07) is 17.8. The van der Waals surface area contributed by atoms with Crippen LogP contribution in [0, 0.1) is 13.8 Å². The molecule has 1 aliphatic heterocycles. The highest BCUT2D eigenvalue weighted by Crippen LogP contribution is 2.43. The first-order valence-corrected chi connectivity index (χ1v) is 15.2. The second kappa shape index (κ2) is 12.8. The highest BCUT2D eigenvalue weighted by molar-refractivity contribution is 7.99. The molecule has 6 heteroatoms. The van der Waals surface area contributed by atoms with E-state index >= 15 is 0 Å². The van der Waals surface area contributed by atoms with Crippen LogP contribution in [0.5, 0.6) is 11.5 Å². The number of carboxylic acid groups (broad SMARTS) is 1. The van der Waals surface area contributed by atoms with Gasteiger partial charge >= 0.3 is 0 Å². The van der Waals surface area contributed by atoms with Gasteiger partial charge in [-0.05, 0) is 115 Å². The molecule has 5 rings (SSSR count). The molecule has 4 nitrogen and oxygen atoms in total. The fraction of sp³-hybridized carbons (Fsp3) is 0.387. The van der Waals surface area contributed by atoms with Crippen LogP contribution in [0.4, 0.5) is 0 Å². The summed E-state index contributed by atoms with van der Waals surface area (Å²) in [5.41, 5.74) is 9.51. The van der Waals surface area contributed by atoms with Gasteiger partial charge in [0.15, 0.2) is 0 Å². The van der Waals surface area contributed by atoms with Crippen molar-refractivity contribution in [1.29, 1.82) is 0 Å². The van der Waals surface area contributed by atoms with Gasteiger partial charge < -0.3 is 14.6 Å². The Morgan fingerprint density at radius 2 is 1.84 bits per heavy atom. The summed E-state index contributed by atoms with van der Waals surface area (Å²) in [5.74, 6) is 3.48. The van der Waals surface area contributed by atoms with Crippen molar-refractivity contribution in [3.05, 3.63) is 76.3 Å². The average Bonchev–Trinajstić information content (AvgIpc) is 3.48. The van der Waals surface area contributed by atoms with Crippen LogP contribution in [-0.2, 0) is 17.6 Å². The molecular weight excluding hydrogens is 500 g/mol. The van der Waals surface area contributed by atoms with Crippen molar-refractivity contribution in [2.75, 3.05) is 24.4 Å². The molecule has 37 heavy (non-hydrogen) atoms. The van der Waals surface area contributed by atoms with Crippen LogP contribution in [0.25, 0.3) is 11.1 Å². The molecule has 3 aromatic rings. The van der Waals surface area contributed by atoms with Crippen molar-refractivity contribution in [3.63, 3.8) is 0 Å². The minimum absolute atomic E-state index is 0.129. The third-order valence-electron chi connectivity index (χ3n) is 6.70. The molecule has 1 N–H and O–H groups in total. The molecule has 3 aromatic carbocycles. The van der Waals surface area contributed by atoms with E-state index in [1.165, 1.54) is 56.0 Å². The predicted molar refractivity (Wildman–Crippen MR) is 156 cm³/mol. The fourth-order valence-corrected chi connectivity index (χ4v) is 6.69. The summed E-state index contributed by atoms with van der Waals surface area (Å²) < 4.78 is 12.6. The topological polar surface area (TPSA) is 55.8 Å². The normalized spacial score (nSPS) is 15.4. The number of fused-ring (bicyclic) bond motifs is 2. The number of carbonyl (C=O) groups is 1. The number of hydrogen-bond acceptors (Lipinski definition) is 5. The van der Waals surface area contributed by atoms with Gasteiger partial charge in [-0.2, -0.15) is 11.8 Å². The Morgan fingerprint density at radius 1 is 1.08 bits per heavy atom. The van der Waals surface area contributed by atoms with E-state index in [4.69, 9.17) is 19.4 Å². The molecule has 0 saturated heterocycles. The smallest absolute Gasteiger partial charge is 0.300 e. The summed E-state index contributed by atoms with van der Waals surface area (Å²) >= 11 is 3.81. The molecule has 0 bridgehead atoms. The van der Waals surface area contributed by atoms with E-state index in [0.29, 0.717) is 0 Å². The first-order valence-electron chi connectivity index (χ1n) is 12.8. The van der Waals surface area contributed by atoms with Crippen molar-refractivity contribution in [2.24, 2.45) is 0 Å². The van der Waals surface area contributed by atoms with Gasteiger partial charge in [-0.15, -0.1) is 11.8 Å². The standard InChI is InChI=1S/C29H32O2S2.C2H4O2/c1-19-16-23(30-13-5-14-32-3)17-20(2)29(19)26-7-4-6-25-24(26)10-11-27(25)31-22-9-8-21-12-15-33-28(21)18-22;1-2(3)4/h4,6-9,16-18,27H,5,10-15H2,1-3H3;1H3,(H,3,4). The van der Waals surface area contributed by atoms with Crippen molar-refractivity contribution in [2.45, 2.75) is 57.5 Å². The Morgan fingerprint density at radius 3 is 2.57 bits per heavy atom. The Labute approximate surface area is 229 Å². The van der Waals surface area contributed by atoms with Gasteiger partial charge in [-0.1, -0.05) is 24.3 Å². The molecule has 0 fully saturated rings. The molecule has 1 aliphatic carbocycles. The van der Waals surface area contributed by atoms with E-state index in [-0.39, 0.29) is 6.10 Å². The molecule has 1 heterocycles. The van der Waals surface area contributed by atoms with E-state index in [1.807, 2.05) is 23.5 Å². The molecule has 0 radical (unpaired) electrons. The maximum Gasteiger partial charge on any atom is 0.300 e. The lowest BCUT2D eigenvalue weighted by molar-refractivity contribution is -0.134. The van der Waals surface area contributed by atoms with E-state index < -0.39 is 5.97 Å². The van der Waals surface area contributed by atoms with Gasteiger partial charge in [0.1, 0.15) is 17.6 Å². The first kappa shape index (κ1) is 27.5. The summed E-state index contributed by atoms with van der Waals surface area (Å²) in [4.78, 5) is 10.4. The Kier molecular flexibility index (Phi) is 9.49. The fourth-order valence-electron chi connectivity index (χ4n) is 5.18. The Hall–Kier alpha value is -2.57. The lowest BCUT2D eigenvalue weighted by atomic mass is 9.90. The quantitative estimate of drug-likeness (QED) is 0.295. The van der Waals surface area contributed by atoms with E-state index in [1.54, 1.807) is 0 Å². The molecule has 1 unspecified atom stereocenters. The van der Waals surface area contributed by atoms with Gasteiger partial charge in [0.25, 0.3) is 5.97 Å². The summed E-state index contributed by atoms with van der Waals surface area (Å²) in [5, 5.41) is 7.42. The number of aryl methyl sites for hydroxylation is 3. The highest BCUT2D eigenvalue weighted by atomic mass is 32.2. The zero-order chi connectivity index (χ0) is 26.4. The number of carboxylic acids is 1. The van der Waals surface area contributed by atoms with Gasteiger partial charge in [-0.3, -0.25) is 4.79 Å². The van der Waals surface area contributed by atoms with Crippen molar-refractivity contribution >= 4 is 29.5 Å². The number of aliphatic carboxylic acids is 1. The highest BCUT2D eigenvalue weighted by Gasteiger charge is 2.28. The second-order valence-corrected chi connectivity index (χ2v) is 11.7. The summed E-state index contributed by atoms with van der Waals surface area (Å²) in [6.07, 6.45) is 6.62. The van der Waals surface area contributed by atoms with Crippen LogP contribution in [0.1, 0.15) is 53.7 Å². The lowest BCUT2D eigenvalue weighted by Gasteiger charge is -2.18. The van der Waals surface area contributed by atoms with Crippen LogP contribution < -0.4 is 9.47 Å². The number of thioether (sulfide) groups is 2. The maximum absolute atomic E-state index is 9.00. The molecule has 0 spiro atoms. The van der Waals surface area contributed by atoms with Gasteiger partial charge in [-0.25, -0.2) is 0 Å². The molecular formula is C31H36O4S2. The third-order valence-corrected chi connectivity index (χ3v) is 8.49. The average molecular weight is 537 g/mol. The number of ether oxygens (including phenoxy) is 2. The van der Waals surface area contributed by atoms with Crippen LogP contribution in [0.3, 0.4) is 0 Å². The monoisotopic (exact) mass is 536 g/mol.